The van der Waals surface area contributed by atoms with Crippen LogP contribution in [0.5, 0.6) is 5.75 Å². The standard InChI is InChI=1S/C18H19N3O3S/c1-3-15(25-18-21-16-14(24-18)6-5-11-19-16)17(22)20-12-7-9-13(10-8-12)23-4-2/h5-11,15H,3-4H2,1-2H3,(H,20,22). The molecule has 0 saturated heterocycles. The van der Waals surface area contributed by atoms with Crippen LogP contribution in [-0.2, 0) is 4.79 Å². The van der Waals surface area contributed by atoms with Crippen molar-refractivity contribution in [1.82, 2.24) is 9.97 Å². The molecule has 1 atom stereocenters. The van der Waals surface area contributed by atoms with Gasteiger partial charge < -0.3 is 14.5 Å². The van der Waals surface area contributed by atoms with Gasteiger partial charge >= 0.3 is 0 Å². The highest BCUT2D eigenvalue weighted by molar-refractivity contribution is 8.00. The van der Waals surface area contributed by atoms with E-state index in [0.717, 1.165) is 11.4 Å². The maximum Gasteiger partial charge on any atom is 0.259 e. The molecular formula is C18H19N3O3S. The van der Waals surface area contributed by atoms with Crippen LogP contribution in [0, 0.1) is 0 Å². The molecule has 1 N–H and O–H groups in total. The molecule has 1 unspecified atom stereocenters. The summed E-state index contributed by atoms with van der Waals surface area (Å²) in [7, 11) is 0. The Bertz CT molecular complexity index is 815. The van der Waals surface area contributed by atoms with Crippen molar-refractivity contribution in [1.29, 1.82) is 0 Å². The quantitative estimate of drug-likeness (QED) is 0.641. The summed E-state index contributed by atoms with van der Waals surface area (Å²) in [6.45, 7) is 4.50. The molecule has 25 heavy (non-hydrogen) atoms. The minimum atomic E-state index is -0.306. The van der Waals surface area contributed by atoms with Crippen molar-refractivity contribution in [3.8, 4) is 5.75 Å². The van der Waals surface area contributed by atoms with Gasteiger partial charge in [-0.2, -0.15) is 4.98 Å². The number of amides is 1. The molecule has 0 aliphatic rings. The van der Waals surface area contributed by atoms with E-state index in [0.29, 0.717) is 29.5 Å². The van der Waals surface area contributed by atoms with E-state index in [-0.39, 0.29) is 11.2 Å². The van der Waals surface area contributed by atoms with Gasteiger partial charge in [0.25, 0.3) is 5.22 Å². The highest BCUT2D eigenvalue weighted by Gasteiger charge is 2.21. The van der Waals surface area contributed by atoms with E-state index in [4.69, 9.17) is 9.15 Å². The lowest BCUT2D eigenvalue weighted by Gasteiger charge is -2.13. The number of carbonyl (C=O) groups is 1. The Morgan fingerprint density at radius 2 is 2.08 bits per heavy atom. The van der Waals surface area contributed by atoms with Crippen molar-refractivity contribution in [2.24, 2.45) is 0 Å². The van der Waals surface area contributed by atoms with Gasteiger partial charge in [0, 0.05) is 11.9 Å². The molecule has 0 aliphatic heterocycles. The van der Waals surface area contributed by atoms with E-state index in [1.807, 2.05) is 38.1 Å². The number of hydrogen-bond acceptors (Lipinski definition) is 6. The van der Waals surface area contributed by atoms with E-state index >= 15 is 0 Å². The molecule has 0 bridgehead atoms. The highest BCUT2D eigenvalue weighted by atomic mass is 32.2. The average Bonchev–Trinajstić information content (AvgIpc) is 3.04. The van der Waals surface area contributed by atoms with Gasteiger partial charge in [-0.1, -0.05) is 18.7 Å². The molecule has 2 aromatic heterocycles. The van der Waals surface area contributed by atoms with Gasteiger partial charge in [0.05, 0.1) is 11.9 Å². The van der Waals surface area contributed by atoms with E-state index in [2.05, 4.69) is 15.3 Å². The van der Waals surface area contributed by atoms with Crippen molar-refractivity contribution < 1.29 is 13.9 Å². The van der Waals surface area contributed by atoms with E-state index in [9.17, 15) is 4.79 Å². The third kappa shape index (κ3) is 4.30. The molecule has 1 amide bonds. The fourth-order valence-corrected chi connectivity index (χ4v) is 3.12. The number of oxazole rings is 1. The second kappa shape index (κ2) is 8.02. The molecule has 3 rings (SSSR count). The van der Waals surface area contributed by atoms with Crippen LogP contribution < -0.4 is 10.1 Å². The molecular weight excluding hydrogens is 338 g/mol. The largest absolute Gasteiger partial charge is 0.494 e. The Morgan fingerprint density at radius 1 is 1.28 bits per heavy atom. The van der Waals surface area contributed by atoms with Gasteiger partial charge in [0.15, 0.2) is 11.2 Å². The van der Waals surface area contributed by atoms with Crippen molar-refractivity contribution in [3.05, 3.63) is 42.6 Å². The average molecular weight is 357 g/mol. The maximum absolute atomic E-state index is 12.5. The second-order valence-corrected chi connectivity index (χ2v) is 6.42. The number of rotatable bonds is 7. The Morgan fingerprint density at radius 3 is 2.76 bits per heavy atom. The number of pyridine rings is 1. The number of thioether (sulfide) groups is 1. The van der Waals surface area contributed by atoms with Crippen molar-refractivity contribution in [2.45, 2.75) is 30.7 Å². The second-order valence-electron chi connectivity index (χ2n) is 5.27. The monoisotopic (exact) mass is 357 g/mol. The minimum absolute atomic E-state index is 0.0909. The van der Waals surface area contributed by atoms with Gasteiger partial charge in [-0.15, -0.1) is 0 Å². The Hall–Kier alpha value is -2.54. The molecule has 0 saturated carbocycles. The molecule has 0 radical (unpaired) electrons. The van der Waals surface area contributed by atoms with Crippen LogP contribution in [0.1, 0.15) is 20.3 Å². The van der Waals surface area contributed by atoms with Crippen LogP contribution in [0.3, 0.4) is 0 Å². The first-order valence-electron chi connectivity index (χ1n) is 8.11. The van der Waals surface area contributed by atoms with Gasteiger partial charge in [-0.25, -0.2) is 4.98 Å². The third-order valence-electron chi connectivity index (χ3n) is 3.48. The number of anilines is 1. The van der Waals surface area contributed by atoms with Crippen LogP contribution in [0.4, 0.5) is 5.69 Å². The maximum atomic E-state index is 12.5. The van der Waals surface area contributed by atoms with Crippen molar-refractivity contribution in [3.63, 3.8) is 0 Å². The number of ether oxygens (including phenoxy) is 1. The zero-order valence-corrected chi connectivity index (χ0v) is 14.9. The summed E-state index contributed by atoms with van der Waals surface area (Å²) < 4.78 is 11.0. The molecule has 2 heterocycles. The number of benzene rings is 1. The third-order valence-corrected chi connectivity index (χ3v) is 4.69. The summed E-state index contributed by atoms with van der Waals surface area (Å²) in [6, 6.07) is 10.9. The first-order chi connectivity index (χ1) is 12.2. The molecule has 1 aromatic carbocycles. The predicted molar refractivity (Wildman–Crippen MR) is 98.0 cm³/mol. The Balaban J connectivity index is 1.66. The van der Waals surface area contributed by atoms with Crippen LogP contribution in [0.2, 0.25) is 0 Å². The van der Waals surface area contributed by atoms with E-state index < -0.39 is 0 Å². The highest BCUT2D eigenvalue weighted by Crippen LogP contribution is 2.28. The summed E-state index contributed by atoms with van der Waals surface area (Å²) in [5.74, 6) is 0.688. The number of carbonyl (C=O) groups excluding carboxylic acids is 1. The Kier molecular flexibility index (Phi) is 5.55. The summed E-state index contributed by atoms with van der Waals surface area (Å²) in [5, 5.41) is 3.06. The number of aromatic nitrogens is 2. The molecule has 7 heteroatoms. The number of hydrogen-bond donors (Lipinski definition) is 1. The van der Waals surface area contributed by atoms with Crippen LogP contribution in [0.25, 0.3) is 11.2 Å². The van der Waals surface area contributed by atoms with Crippen molar-refractivity contribution >= 4 is 34.6 Å². The molecule has 3 aromatic rings. The van der Waals surface area contributed by atoms with Crippen molar-refractivity contribution in [2.75, 3.05) is 11.9 Å². The molecule has 6 nitrogen and oxygen atoms in total. The first kappa shape index (κ1) is 17.3. The number of nitrogens with zero attached hydrogens (tertiary/aromatic N) is 2. The summed E-state index contributed by atoms with van der Waals surface area (Å²) in [5.41, 5.74) is 1.89. The fourth-order valence-electron chi connectivity index (χ4n) is 2.27. The van der Waals surface area contributed by atoms with Crippen LogP contribution in [-0.4, -0.2) is 27.7 Å². The van der Waals surface area contributed by atoms with E-state index in [1.165, 1.54) is 11.8 Å². The van der Waals surface area contributed by atoms with Gasteiger partial charge in [-0.3, -0.25) is 4.79 Å². The van der Waals surface area contributed by atoms with Gasteiger partial charge in [0.2, 0.25) is 5.91 Å². The lowest BCUT2D eigenvalue weighted by atomic mass is 10.2. The molecule has 0 fully saturated rings. The SMILES string of the molecule is CCOc1ccc(NC(=O)C(CC)Sc2nc3ncccc3o2)cc1. The topological polar surface area (TPSA) is 77.2 Å². The lowest BCUT2D eigenvalue weighted by Crippen LogP contribution is -2.24. The Labute approximate surface area is 150 Å². The molecule has 130 valence electrons. The minimum Gasteiger partial charge on any atom is -0.494 e. The summed E-state index contributed by atoms with van der Waals surface area (Å²) in [4.78, 5) is 21.0. The van der Waals surface area contributed by atoms with Crippen LogP contribution >= 0.6 is 11.8 Å². The predicted octanol–water partition coefficient (Wildman–Crippen LogP) is 4.13. The fraction of sp³-hybridized carbons (Fsp3) is 0.278. The number of nitrogens with one attached hydrogen (secondary N) is 1. The molecule has 0 spiro atoms. The van der Waals surface area contributed by atoms with Crippen LogP contribution in [0.15, 0.2) is 52.2 Å². The lowest BCUT2D eigenvalue weighted by molar-refractivity contribution is -0.115. The van der Waals surface area contributed by atoms with E-state index in [1.54, 1.807) is 18.3 Å². The molecule has 0 aliphatic carbocycles. The van der Waals surface area contributed by atoms with Gasteiger partial charge in [-0.05, 0) is 49.7 Å². The first-order valence-corrected chi connectivity index (χ1v) is 8.99. The summed E-state index contributed by atoms with van der Waals surface area (Å²) >= 11 is 1.30. The number of fused-ring (bicyclic) bond motifs is 1. The normalized spacial score (nSPS) is 12.1. The zero-order chi connectivity index (χ0) is 17.6. The smallest absolute Gasteiger partial charge is 0.259 e. The summed E-state index contributed by atoms with van der Waals surface area (Å²) in [6.07, 6.45) is 2.31. The van der Waals surface area contributed by atoms with Gasteiger partial charge in [0.1, 0.15) is 5.75 Å². The zero-order valence-electron chi connectivity index (χ0n) is 14.1.